The third-order valence-corrected chi connectivity index (χ3v) is 6.30. The maximum atomic E-state index is 13.8. The fourth-order valence-electron chi connectivity index (χ4n) is 4.23. The first-order chi connectivity index (χ1) is 17.1. The monoisotopic (exact) mass is 484 g/mol. The molecule has 4 nitrogen and oxygen atoms in total. The molecule has 0 saturated carbocycles. The Bertz CT molecular complexity index is 1110. The van der Waals surface area contributed by atoms with E-state index >= 15 is 0 Å². The minimum Gasteiger partial charge on any atom is -0.350 e. The lowest BCUT2D eigenvalue weighted by molar-refractivity contribution is -0.141. The first-order valence-electron chi connectivity index (χ1n) is 12.9. The minimum absolute atomic E-state index is 0.0138. The van der Waals surface area contributed by atoms with Gasteiger partial charge < -0.3 is 10.2 Å². The fourth-order valence-corrected chi connectivity index (χ4v) is 4.23. The molecule has 1 N–H and O–H groups in total. The topological polar surface area (TPSA) is 49.4 Å². The van der Waals surface area contributed by atoms with Gasteiger partial charge in [-0.3, -0.25) is 9.59 Å². The zero-order chi connectivity index (χ0) is 26.1. The Morgan fingerprint density at radius 1 is 0.806 bits per heavy atom. The highest BCUT2D eigenvalue weighted by atomic mass is 16.2. The Balaban J connectivity index is 1.90. The molecule has 1 atom stereocenters. The summed E-state index contributed by atoms with van der Waals surface area (Å²) in [6, 6.07) is 26.0. The first kappa shape index (κ1) is 27.2. The van der Waals surface area contributed by atoms with E-state index in [0.717, 1.165) is 23.1 Å². The van der Waals surface area contributed by atoms with Crippen molar-refractivity contribution in [1.82, 2.24) is 10.2 Å². The van der Waals surface area contributed by atoms with Crippen LogP contribution in [0.15, 0.2) is 78.9 Å². The summed E-state index contributed by atoms with van der Waals surface area (Å²) < 4.78 is 0. The number of nitrogens with one attached hydrogen (secondary N) is 1. The SMILES string of the molecule is CCc1ccc(CCC(=O)N(Cc2ccc(C)cc2)C(Cc2ccccc2)C(=O)NC(C)(C)C)cc1. The molecule has 4 heteroatoms. The van der Waals surface area contributed by atoms with Crippen LogP contribution in [0.3, 0.4) is 0 Å². The molecule has 0 fully saturated rings. The Labute approximate surface area is 216 Å². The second-order valence-electron chi connectivity index (χ2n) is 10.6. The summed E-state index contributed by atoms with van der Waals surface area (Å²) in [4.78, 5) is 29.1. The van der Waals surface area contributed by atoms with E-state index in [-0.39, 0.29) is 11.8 Å². The minimum atomic E-state index is -0.608. The van der Waals surface area contributed by atoms with Crippen molar-refractivity contribution in [3.05, 3.63) is 107 Å². The summed E-state index contributed by atoms with van der Waals surface area (Å²) in [6.45, 7) is 10.5. The fraction of sp³-hybridized carbons (Fsp3) is 0.375. The normalized spacial score (nSPS) is 12.1. The van der Waals surface area contributed by atoms with E-state index < -0.39 is 11.6 Å². The molecule has 36 heavy (non-hydrogen) atoms. The second-order valence-corrected chi connectivity index (χ2v) is 10.6. The number of amides is 2. The van der Waals surface area contributed by atoms with Gasteiger partial charge in [0.1, 0.15) is 6.04 Å². The van der Waals surface area contributed by atoms with Gasteiger partial charge in [-0.2, -0.15) is 0 Å². The summed E-state index contributed by atoms with van der Waals surface area (Å²) >= 11 is 0. The molecule has 0 spiro atoms. The van der Waals surface area contributed by atoms with Gasteiger partial charge in [-0.15, -0.1) is 0 Å². The van der Waals surface area contributed by atoms with Crippen LogP contribution in [-0.2, 0) is 35.4 Å². The smallest absolute Gasteiger partial charge is 0.243 e. The number of hydrogen-bond acceptors (Lipinski definition) is 2. The van der Waals surface area contributed by atoms with Crippen LogP contribution >= 0.6 is 0 Å². The molecule has 0 bridgehead atoms. The standard InChI is InChI=1S/C32H40N2O2/c1-6-25-16-18-26(19-17-25)20-21-30(35)34(23-28-14-12-24(2)13-15-28)29(31(36)33-32(3,4)5)22-27-10-8-7-9-11-27/h7-19,29H,6,20-23H2,1-5H3,(H,33,36). The third kappa shape index (κ3) is 8.37. The van der Waals surface area contributed by atoms with Gasteiger partial charge in [-0.05, 0) is 62.8 Å². The molecule has 3 aromatic carbocycles. The predicted molar refractivity (Wildman–Crippen MR) is 148 cm³/mol. The number of hydrogen-bond donors (Lipinski definition) is 1. The van der Waals surface area contributed by atoms with E-state index in [0.29, 0.717) is 25.8 Å². The molecular weight excluding hydrogens is 444 g/mol. The third-order valence-electron chi connectivity index (χ3n) is 6.30. The van der Waals surface area contributed by atoms with Gasteiger partial charge in [0.2, 0.25) is 11.8 Å². The highest BCUT2D eigenvalue weighted by molar-refractivity contribution is 5.88. The highest BCUT2D eigenvalue weighted by Gasteiger charge is 2.32. The molecule has 0 aliphatic heterocycles. The largest absolute Gasteiger partial charge is 0.350 e. The van der Waals surface area contributed by atoms with Crippen LogP contribution in [0.1, 0.15) is 61.9 Å². The van der Waals surface area contributed by atoms with Crippen molar-refractivity contribution in [1.29, 1.82) is 0 Å². The maximum absolute atomic E-state index is 13.8. The van der Waals surface area contributed by atoms with Gasteiger partial charge in [-0.25, -0.2) is 0 Å². The number of carbonyl (C=O) groups is 2. The van der Waals surface area contributed by atoms with E-state index in [9.17, 15) is 9.59 Å². The molecule has 3 aromatic rings. The average molecular weight is 485 g/mol. The zero-order valence-electron chi connectivity index (χ0n) is 22.4. The zero-order valence-corrected chi connectivity index (χ0v) is 22.4. The Hall–Kier alpha value is -3.40. The maximum Gasteiger partial charge on any atom is 0.243 e. The lowest BCUT2D eigenvalue weighted by Gasteiger charge is -2.34. The summed E-state index contributed by atoms with van der Waals surface area (Å²) in [6.07, 6.45) is 2.46. The van der Waals surface area contributed by atoms with Gasteiger partial charge in [-0.1, -0.05) is 91.3 Å². The van der Waals surface area contributed by atoms with Crippen molar-refractivity contribution >= 4 is 11.8 Å². The number of benzene rings is 3. The lowest BCUT2D eigenvalue weighted by atomic mass is 9.99. The molecule has 0 saturated heterocycles. The van der Waals surface area contributed by atoms with Gasteiger partial charge >= 0.3 is 0 Å². The van der Waals surface area contributed by atoms with Gasteiger partial charge in [0.05, 0.1) is 0 Å². The predicted octanol–water partition coefficient (Wildman–Crippen LogP) is 6.04. The second kappa shape index (κ2) is 12.5. The van der Waals surface area contributed by atoms with E-state index in [2.05, 4.69) is 48.6 Å². The van der Waals surface area contributed by atoms with Crippen LogP contribution in [-0.4, -0.2) is 28.3 Å². The number of aryl methyl sites for hydroxylation is 3. The Kier molecular flexibility index (Phi) is 9.46. The van der Waals surface area contributed by atoms with Crippen LogP contribution in [0.2, 0.25) is 0 Å². The molecule has 3 rings (SSSR count). The number of carbonyl (C=O) groups excluding carboxylic acids is 2. The van der Waals surface area contributed by atoms with E-state index in [4.69, 9.17) is 0 Å². The average Bonchev–Trinajstić information content (AvgIpc) is 2.85. The van der Waals surface area contributed by atoms with Crippen molar-refractivity contribution in [2.45, 2.75) is 78.4 Å². The molecule has 0 heterocycles. The van der Waals surface area contributed by atoms with Crippen molar-refractivity contribution in [3.8, 4) is 0 Å². The van der Waals surface area contributed by atoms with Gasteiger partial charge in [0.25, 0.3) is 0 Å². The molecule has 2 amide bonds. The van der Waals surface area contributed by atoms with E-state index in [1.807, 2.05) is 70.2 Å². The molecular formula is C32H40N2O2. The molecule has 0 radical (unpaired) electrons. The Morgan fingerprint density at radius 2 is 1.39 bits per heavy atom. The summed E-state index contributed by atoms with van der Waals surface area (Å²) in [5.74, 6) is -0.140. The van der Waals surface area contributed by atoms with Crippen LogP contribution in [0, 0.1) is 6.92 Å². The number of nitrogens with zero attached hydrogens (tertiary/aromatic N) is 1. The summed E-state index contributed by atoms with van der Waals surface area (Å²) in [7, 11) is 0. The van der Waals surface area contributed by atoms with Crippen LogP contribution in [0.25, 0.3) is 0 Å². The highest BCUT2D eigenvalue weighted by Crippen LogP contribution is 2.18. The Morgan fingerprint density at radius 3 is 1.97 bits per heavy atom. The molecule has 190 valence electrons. The quantitative estimate of drug-likeness (QED) is 0.381. The van der Waals surface area contributed by atoms with Crippen molar-refractivity contribution in [3.63, 3.8) is 0 Å². The van der Waals surface area contributed by atoms with Crippen LogP contribution in [0.5, 0.6) is 0 Å². The molecule has 1 unspecified atom stereocenters. The van der Waals surface area contributed by atoms with Crippen LogP contribution in [0.4, 0.5) is 0 Å². The van der Waals surface area contributed by atoms with Crippen molar-refractivity contribution in [2.24, 2.45) is 0 Å². The van der Waals surface area contributed by atoms with Gasteiger partial charge in [0.15, 0.2) is 0 Å². The van der Waals surface area contributed by atoms with Crippen molar-refractivity contribution in [2.75, 3.05) is 0 Å². The molecule has 0 aliphatic carbocycles. The lowest BCUT2D eigenvalue weighted by Crippen LogP contribution is -2.54. The van der Waals surface area contributed by atoms with E-state index in [1.54, 1.807) is 4.90 Å². The van der Waals surface area contributed by atoms with E-state index in [1.165, 1.54) is 11.1 Å². The van der Waals surface area contributed by atoms with Crippen LogP contribution < -0.4 is 5.32 Å². The molecule has 0 aliphatic rings. The first-order valence-corrected chi connectivity index (χ1v) is 12.9. The summed E-state index contributed by atoms with van der Waals surface area (Å²) in [5, 5.41) is 3.12. The summed E-state index contributed by atoms with van der Waals surface area (Å²) in [5.41, 5.74) is 5.23. The van der Waals surface area contributed by atoms with Crippen molar-refractivity contribution < 1.29 is 9.59 Å². The number of rotatable bonds is 10. The molecule has 0 aromatic heterocycles. The van der Waals surface area contributed by atoms with Gasteiger partial charge in [0, 0.05) is 24.9 Å².